The van der Waals surface area contributed by atoms with Gasteiger partial charge in [-0.25, -0.2) is 9.38 Å². The molecule has 1 amide bonds. The molecule has 0 aromatic rings. The summed E-state index contributed by atoms with van der Waals surface area (Å²) in [5, 5.41) is 3.38. The Kier molecular flexibility index (Phi) is 5.46. The van der Waals surface area contributed by atoms with E-state index in [1.165, 1.54) is 6.08 Å². The van der Waals surface area contributed by atoms with Crippen molar-refractivity contribution in [3.05, 3.63) is 34.4 Å². The first-order valence-electron chi connectivity index (χ1n) is 10.7. The van der Waals surface area contributed by atoms with E-state index in [0.717, 1.165) is 49.2 Å². The largest absolute Gasteiger partial charge is 0.381 e. The molecule has 6 nitrogen and oxygen atoms in total. The van der Waals surface area contributed by atoms with Crippen LogP contribution in [0.15, 0.2) is 39.4 Å². The third-order valence-electron chi connectivity index (χ3n) is 6.43. The van der Waals surface area contributed by atoms with Crippen molar-refractivity contribution in [3.8, 4) is 11.8 Å². The topological polar surface area (TPSA) is 80.0 Å². The number of likely N-dealkylation sites (tertiary alicyclic amines) is 1. The normalized spacial score (nSPS) is 32.2. The van der Waals surface area contributed by atoms with Crippen molar-refractivity contribution in [2.45, 2.75) is 58.2 Å². The number of nitrogens with zero attached hydrogens (tertiary/aromatic N) is 2. The summed E-state index contributed by atoms with van der Waals surface area (Å²) in [6, 6.07) is -0.318. The van der Waals surface area contributed by atoms with E-state index in [4.69, 9.17) is 15.5 Å². The van der Waals surface area contributed by atoms with Gasteiger partial charge in [0.15, 0.2) is 0 Å². The van der Waals surface area contributed by atoms with Crippen molar-refractivity contribution in [2.24, 2.45) is 16.6 Å². The fraction of sp³-hybridized carbons (Fsp3) is 0.565. The second-order valence-corrected chi connectivity index (χ2v) is 8.26. The number of amides is 1. The summed E-state index contributed by atoms with van der Waals surface area (Å²) in [5.41, 5.74) is 8.87. The predicted octanol–water partition coefficient (Wildman–Crippen LogP) is 2.54. The Morgan fingerprint density at radius 1 is 1.53 bits per heavy atom. The van der Waals surface area contributed by atoms with Crippen LogP contribution in [0.3, 0.4) is 0 Å². The molecular formula is C23H29FN4O2. The molecule has 0 aromatic carbocycles. The van der Waals surface area contributed by atoms with Crippen molar-refractivity contribution >= 4 is 11.6 Å². The Bertz CT molecular complexity index is 946. The number of carbonyl (C=O) groups is 1. The highest BCUT2D eigenvalue weighted by Gasteiger charge is 2.45. The van der Waals surface area contributed by atoms with Crippen molar-refractivity contribution in [2.75, 3.05) is 19.7 Å². The number of allylic oxidation sites excluding steroid dienone is 3. The van der Waals surface area contributed by atoms with E-state index < -0.39 is 11.6 Å². The quantitative estimate of drug-likeness (QED) is 0.696. The summed E-state index contributed by atoms with van der Waals surface area (Å²) in [4.78, 5) is 18.9. The molecule has 2 saturated heterocycles. The fourth-order valence-electron chi connectivity index (χ4n) is 5.04. The molecule has 7 heteroatoms. The van der Waals surface area contributed by atoms with E-state index in [-0.39, 0.29) is 17.8 Å². The van der Waals surface area contributed by atoms with Crippen LogP contribution in [-0.4, -0.2) is 48.0 Å². The van der Waals surface area contributed by atoms with E-state index >= 15 is 4.39 Å². The van der Waals surface area contributed by atoms with Gasteiger partial charge in [0.2, 0.25) is 11.6 Å². The Morgan fingerprint density at radius 3 is 2.90 bits per heavy atom. The maximum Gasteiger partial charge on any atom is 0.246 e. The highest BCUT2D eigenvalue weighted by atomic mass is 19.1. The van der Waals surface area contributed by atoms with Gasteiger partial charge in [0.25, 0.3) is 0 Å². The Morgan fingerprint density at radius 2 is 2.30 bits per heavy atom. The van der Waals surface area contributed by atoms with Crippen LogP contribution in [0, 0.1) is 17.8 Å². The molecule has 160 valence electrons. The van der Waals surface area contributed by atoms with Gasteiger partial charge >= 0.3 is 0 Å². The average Bonchev–Trinajstić information content (AvgIpc) is 3.01. The number of halogens is 1. The average molecular weight is 413 g/mol. The van der Waals surface area contributed by atoms with Gasteiger partial charge in [-0.1, -0.05) is 6.92 Å². The number of primary amides is 1. The lowest BCUT2D eigenvalue weighted by Gasteiger charge is -2.40. The minimum atomic E-state index is -0.728. The van der Waals surface area contributed by atoms with Crippen LogP contribution in [0.25, 0.3) is 0 Å². The maximum atomic E-state index is 15.4. The number of piperidine rings is 1. The molecule has 0 aromatic heterocycles. The predicted molar refractivity (Wildman–Crippen MR) is 114 cm³/mol. The van der Waals surface area contributed by atoms with Gasteiger partial charge in [-0.2, -0.15) is 0 Å². The van der Waals surface area contributed by atoms with Crippen LogP contribution in [0.1, 0.15) is 46.5 Å². The zero-order valence-corrected chi connectivity index (χ0v) is 17.8. The van der Waals surface area contributed by atoms with Gasteiger partial charge in [-0.05, 0) is 50.7 Å². The van der Waals surface area contributed by atoms with Gasteiger partial charge in [0, 0.05) is 35.9 Å². The second-order valence-electron chi connectivity index (χ2n) is 8.26. The number of hydrogen-bond donors (Lipinski definition) is 2. The third kappa shape index (κ3) is 3.43. The fourth-order valence-corrected chi connectivity index (χ4v) is 5.04. The van der Waals surface area contributed by atoms with Crippen LogP contribution in [0.5, 0.6) is 0 Å². The van der Waals surface area contributed by atoms with Crippen LogP contribution in [0.4, 0.5) is 4.39 Å². The number of nitrogens with two attached hydrogens (primary N) is 1. The number of ether oxygens (including phenoxy) is 1. The summed E-state index contributed by atoms with van der Waals surface area (Å²) in [7, 11) is 0. The minimum absolute atomic E-state index is 0.230. The number of carbonyl (C=O) groups excluding carboxylic acids is 1. The standard InChI is InChI=1S/C23H29FN4O2/c1-4-8-23(9-11-30-23)27-15-7-6-10-28(13-15)21-18(24)12-17(22(25)29)20-19(21)16(5-2)14(3)26-20/h12,19-20,26H,5-7,9-11,13H2,1-3H3,(H2,25,29)/t19?,20?,23-/m1/s1. The lowest BCUT2D eigenvalue weighted by atomic mass is 9.80. The first kappa shape index (κ1) is 20.7. The maximum absolute atomic E-state index is 15.4. The molecule has 2 fully saturated rings. The molecule has 0 spiro atoms. The highest BCUT2D eigenvalue weighted by molar-refractivity contribution is 5.95. The second kappa shape index (κ2) is 7.92. The van der Waals surface area contributed by atoms with Crippen molar-refractivity contribution in [1.82, 2.24) is 10.2 Å². The summed E-state index contributed by atoms with van der Waals surface area (Å²) in [6.45, 7) is 7.78. The molecule has 2 unspecified atom stereocenters. The Labute approximate surface area is 177 Å². The molecule has 4 rings (SSSR count). The molecule has 3 heterocycles. The van der Waals surface area contributed by atoms with Crippen LogP contribution >= 0.6 is 0 Å². The Hall–Kier alpha value is -2.59. The van der Waals surface area contributed by atoms with E-state index in [9.17, 15) is 4.79 Å². The minimum Gasteiger partial charge on any atom is -0.381 e. The smallest absolute Gasteiger partial charge is 0.246 e. The van der Waals surface area contributed by atoms with Crippen molar-refractivity contribution in [3.63, 3.8) is 0 Å². The van der Waals surface area contributed by atoms with Gasteiger partial charge < -0.3 is 20.7 Å². The molecule has 3 atom stereocenters. The summed E-state index contributed by atoms with van der Waals surface area (Å²) in [5.74, 6) is 4.80. The summed E-state index contributed by atoms with van der Waals surface area (Å²) >= 11 is 0. The molecule has 3 aliphatic heterocycles. The molecular weight excluding hydrogens is 383 g/mol. The van der Waals surface area contributed by atoms with Crippen LogP contribution in [0.2, 0.25) is 0 Å². The lowest BCUT2D eigenvalue weighted by Crippen LogP contribution is -2.47. The number of hydrogen-bond acceptors (Lipinski definition) is 5. The van der Waals surface area contributed by atoms with Gasteiger partial charge in [0.05, 0.1) is 24.9 Å². The number of rotatable bonds is 4. The zero-order valence-electron chi connectivity index (χ0n) is 17.8. The summed E-state index contributed by atoms with van der Waals surface area (Å²) < 4.78 is 21.1. The first-order valence-corrected chi connectivity index (χ1v) is 10.7. The highest BCUT2D eigenvalue weighted by Crippen LogP contribution is 2.44. The van der Waals surface area contributed by atoms with Crippen molar-refractivity contribution < 1.29 is 13.9 Å². The lowest BCUT2D eigenvalue weighted by molar-refractivity contribution is -0.115. The molecule has 0 radical (unpaired) electrons. The van der Waals surface area contributed by atoms with Gasteiger partial charge in [0.1, 0.15) is 5.83 Å². The monoisotopic (exact) mass is 412 g/mol. The summed E-state index contributed by atoms with van der Waals surface area (Å²) in [6.07, 6.45) is 4.61. The molecule has 0 saturated carbocycles. The zero-order chi connectivity index (χ0) is 21.5. The van der Waals surface area contributed by atoms with Gasteiger partial charge in [-0.3, -0.25) is 4.79 Å². The van der Waals surface area contributed by atoms with E-state index in [1.807, 2.05) is 6.92 Å². The Balaban J connectivity index is 1.69. The number of nitrogens with one attached hydrogen (secondary N) is 1. The SMILES string of the molecule is CC#C[C@]1(N=C2CCCN(C3=C(F)C=C(C(N)=O)C4NC(C)=C(CC)C34)C2)CCO1. The third-order valence-corrected chi connectivity index (χ3v) is 6.43. The van der Waals surface area contributed by atoms with Gasteiger partial charge in [-0.15, -0.1) is 5.92 Å². The van der Waals surface area contributed by atoms with Crippen LogP contribution < -0.4 is 11.1 Å². The van der Waals surface area contributed by atoms with E-state index in [0.29, 0.717) is 24.4 Å². The molecule has 1 aliphatic carbocycles. The molecule has 0 bridgehead atoms. The van der Waals surface area contributed by atoms with Crippen molar-refractivity contribution in [1.29, 1.82) is 0 Å². The van der Waals surface area contributed by atoms with E-state index in [1.54, 1.807) is 6.92 Å². The number of aliphatic imine (C=N–C) groups is 1. The first-order chi connectivity index (χ1) is 14.4. The number of fused-ring (bicyclic) bond motifs is 1. The van der Waals surface area contributed by atoms with Crippen LogP contribution in [-0.2, 0) is 9.53 Å². The molecule has 30 heavy (non-hydrogen) atoms. The molecule has 4 aliphatic rings. The van der Waals surface area contributed by atoms with E-state index in [2.05, 4.69) is 29.0 Å². The molecule has 3 N–H and O–H groups in total.